The van der Waals surface area contributed by atoms with Crippen molar-refractivity contribution in [2.75, 3.05) is 24.7 Å². The van der Waals surface area contributed by atoms with Gasteiger partial charge in [-0.05, 0) is 44.4 Å². The summed E-state index contributed by atoms with van der Waals surface area (Å²) in [5, 5.41) is 0. The van der Waals surface area contributed by atoms with E-state index in [-0.39, 0.29) is 11.8 Å². The molecule has 0 N–H and O–H groups in total. The average Bonchev–Trinajstić information content (AvgIpc) is 2.40. The first-order valence-corrected chi connectivity index (χ1v) is 6.68. The first kappa shape index (κ1) is 13.1. The van der Waals surface area contributed by atoms with Crippen molar-refractivity contribution in [2.24, 2.45) is 5.92 Å². The SMILES string of the molecule is CCN(C(=O)C1CCOCC1)c1cccc(C)c1. The quantitative estimate of drug-likeness (QED) is 0.822. The van der Waals surface area contributed by atoms with E-state index in [0.717, 1.165) is 25.1 Å². The van der Waals surface area contributed by atoms with Crippen LogP contribution < -0.4 is 4.90 Å². The fourth-order valence-corrected chi connectivity index (χ4v) is 2.43. The second-order valence-electron chi connectivity index (χ2n) is 4.81. The Bertz CT molecular complexity index is 411. The molecule has 0 unspecified atom stereocenters. The molecule has 2 rings (SSSR count). The van der Waals surface area contributed by atoms with Crippen LogP contribution >= 0.6 is 0 Å². The lowest BCUT2D eigenvalue weighted by Gasteiger charge is -2.28. The van der Waals surface area contributed by atoms with E-state index in [4.69, 9.17) is 4.74 Å². The molecule has 0 aliphatic carbocycles. The highest BCUT2D eigenvalue weighted by Crippen LogP contribution is 2.23. The number of carbonyl (C=O) groups excluding carboxylic acids is 1. The Hall–Kier alpha value is -1.35. The van der Waals surface area contributed by atoms with Gasteiger partial charge in [0.1, 0.15) is 0 Å². The number of anilines is 1. The number of hydrogen-bond donors (Lipinski definition) is 0. The summed E-state index contributed by atoms with van der Waals surface area (Å²) >= 11 is 0. The summed E-state index contributed by atoms with van der Waals surface area (Å²) in [4.78, 5) is 14.4. The molecule has 0 radical (unpaired) electrons. The zero-order valence-electron chi connectivity index (χ0n) is 11.2. The molecule has 1 aliphatic rings. The van der Waals surface area contributed by atoms with Crippen LogP contribution in [0.4, 0.5) is 5.69 Å². The largest absolute Gasteiger partial charge is 0.381 e. The highest BCUT2D eigenvalue weighted by Gasteiger charge is 2.26. The van der Waals surface area contributed by atoms with Gasteiger partial charge in [-0.3, -0.25) is 4.79 Å². The van der Waals surface area contributed by atoms with Crippen molar-refractivity contribution in [1.29, 1.82) is 0 Å². The van der Waals surface area contributed by atoms with Gasteiger partial charge in [-0.15, -0.1) is 0 Å². The molecule has 1 aromatic carbocycles. The molecule has 1 saturated heterocycles. The van der Waals surface area contributed by atoms with Crippen LogP contribution in [0.3, 0.4) is 0 Å². The third-order valence-corrected chi connectivity index (χ3v) is 3.47. The van der Waals surface area contributed by atoms with Crippen molar-refractivity contribution in [2.45, 2.75) is 26.7 Å². The zero-order valence-corrected chi connectivity index (χ0v) is 11.2. The lowest BCUT2D eigenvalue weighted by molar-refractivity contribution is -0.125. The molecule has 0 atom stereocenters. The maximum atomic E-state index is 12.5. The summed E-state index contributed by atoms with van der Waals surface area (Å²) in [7, 11) is 0. The van der Waals surface area contributed by atoms with Gasteiger partial charge in [0.05, 0.1) is 0 Å². The minimum absolute atomic E-state index is 0.124. The maximum Gasteiger partial charge on any atom is 0.230 e. The van der Waals surface area contributed by atoms with Gasteiger partial charge in [0.25, 0.3) is 0 Å². The molecule has 0 spiro atoms. The molecule has 3 heteroatoms. The van der Waals surface area contributed by atoms with E-state index in [1.165, 1.54) is 5.56 Å². The predicted molar refractivity (Wildman–Crippen MR) is 72.7 cm³/mol. The normalized spacial score (nSPS) is 16.6. The Morgan fingerprint density at radius 1 is 1.39 bits per heavy atom. The highest BCUT2D eigenvalue weighted by atomic mass is 16.5. The van der Waals surface area contributed by atoms with E-state index in [2.05, 4.69) is 19.1 Å². The standard InChI is InChI=1S/C15H21NO2/c1-3-16(14-6-4-5-12(2)11-14)15(17)13-7-9-18-10-8-13/h4-6,11,13H,3,7-10H2,1-2H3. The first-order valence-electron chi connectivity index (χ1n) is 6.68. The topological polar surface area (TPSA) is 29.5 Å². The molecule has 0 saturated carbocycles. The Kier molecular flexibility index (Phi) is 4.37. The van der Waals surface area contributed by atoms with Crippen molar-refractivity contribution >= 4 is 11.6 Å². The fourth-order valence-electron chi connectivity index (χ4n) is 2.43. The Labute approximate surface area is 109 Å². The lowest BCUT2D eigenvalue weighted by Crippen LogP contribution is -2.38. The summed E-state index contributed by atoms with van der Waals surface area (Å²) in [5.41, 5.74) is 2.19. The Morgan fingerprint density at radius 3 is 2.72 bits per heavy atom. The second-order valence-corrected chi connectivity index (χ2v) is 4.81. The molecule has 1 amide bonds. The van der Waals surface area contributed by atoms with Crippen LogP contribution in [0.15, 0.2) is 24.3 Å². The number of rotatable bonds is 3. The highest BCUT2D eigenvalue weighted by molar-refractivity contribution is 5.95. The Balaban J connectivity index is 2.14. The molecular formula is C15H21NO2. The van der Waals surface area contributed by atoms with Gasteiger partial charge in [0.2, 0.25) is 5.91 Å². The van der Waals surface area contributed by atoms with Gasteiger partial charge < -0.3 is 9.64 Å². The lowest BCUT2D eigenvalue weighted by atomic mass is 9.98. The van der Waals surface area contributed by atoms with Crippen LogP contribution in [0.2, 0.25) is 0 Å². The summed E-state index contributed by atoms with van der Waals surface area (Å²) in [6, 6.07) is 8.13. The molecule has 1 aromatic rings. The minimum atomic E-state index is 0.124. The smallest absolute Gasteiger partial charge is 0.230 e. The van der Waals surface area contributed by atoms with Gasteiger partial charge in [0.15, 0.2) is 0 Å². The zero-order chi connectivity index (χ0) is 13.0. The third-order valence-electron chi connectivity index (χ3n) is 3.47. The van der Waals surface area contributed by atoms with E-state index in [9.17, 15) is 4.79 Å². The van der Waals surface area contributed by atoms with E-state index >= 15 is 0 Å². The molecular weight excluding hydrogens is 226 g/mol. The van der Waals surface area contributed by atoms with Crippen molar-refractivity contribution in [3.63, 3.8) is 0 Å². The maximum absolute atomic E-state index is 12.5. The summed E-state index contributed by atoms with van der Waals surface area (Å²) in [6.07, 6.45) is 1.70. The monoisotopic (exact) mass is 247 g/mol. The number of carbonyl (C=O) groups is 1. The molecule has 98 valence electrons. The summed E-state index contributed by atoms with van der Waals surface area (Å²) < 4.78 is 5.32. The predicted octanol–water partition coefficient (Wildman–Crippen LogP) is 2.77. The van der Waals surface area contributed by atoms with Gasteiger partial charge >= 0.3 is 0 Å². The summed E-state index contributed by atoms with van der Waals surface area (Å²) in [6.45, 7) is 6.22. The van der Waals surface area contributed by atoms with Crippen LogP contribution in [0.1, 0.15) is 25.3 Å². The third kappa shape index (κ3) is 2.91. The van der Waals surface area contributed by atoms with Crippen LogP contribution in [0.25, 0.3) is 0 Å². The summed E-state index contributed by atoms with van der Waals surface area (Å²) in [5.74, 6) is 0.366. The van der Waals surface area contributed by atoms with Crippen LogP contribution in [0.5, 0.6) is 0 Å². The van der Waals surface area contributed by atoms with Crippen LogP contribution in [0, 0.1) is 12.8 Å². The molecule has 18 heavy (non-hydrogen) atoms. The number of amides is 1. The van der Waals surface area contributed by atoms with Crippen molar-refractivity contribution in [3.05, 3.63) is 29.8 Å². The van der Waals surface area contributed by atoms with Gasteiger partial charge in [0, 0.05) is 31.4 Å². The average molecular weight is 247 g/mol. The first-order chi connectivity index (χ1) is 8.72. The minimum Gasteiger partial charge on any atom is -0.381 e. The molecule has 1 aliphatic heterocycles. The molecule has 0 aromatic heterocycles. The number of nitrogens with zero attached hydrogens (tertiary/aromatic N) is 1. The van der Waals surface area contributed by atoms with Crippen molar-refractivity contribution in [1.82, 2.24) is 0 Å². The van der Waals surface area contributed by atoms with Gasteiger partial charge in [-0.25, -0.2) is 0 Å². The number of hydrogen-bond acceptors (Lipinski definition) is 2. The second kappa shape index (κ2) is 6.01. The number of ether oxygens (including phenoxy) is 1. The Morgan fingerprint density at radius 2 is 2.11 bits per heavy atom. The van der Waals surface area contributed by atoms with E-state index in [1.54, 1.807) is 0 Å². The van der Waals surface area contributed by atoms with E-state index < -0.39 is 0 Å². The number of benzene rings is 1. The fraction of sp³-hybridized carbons (Fsp3) is 0.533. The van der Waals surface area contributed by atoms with Crippen molar-refractivity contribution < 1.29 is 9.53 Å². The molecule has 0 bridgehead atoms. The number of aryl methyl sites for hydroxylation is 1. The van der Waals surface area contributed by atoms with E-state index in [1.807, 2.05) is 24.0 Å². The molecule has 3 nitrogen and oxygen atoms in total. The van der Waals surface area contributed by atoms with Crippen LogP contribution in [-0.4, -0.2) is 25.7 Å². The molecule has 1 fully saturated rings. The van der Waals surface area contributed by atoms with E-state index in [0.29, 0.717) is 13.2 Å². The van der Waals surface area contributed by atoms with Crippen LogP contribution in [-0.2, 0) is 9.53 Å². The van der Waals surface area contributed by atoms with Gasteiger partial charge in [-0.1, -0.05) is 12.1 Å². The van der Waals surface area contributed by atoms with Crippen molar-refractivity contribution in [3.8, 4) is 0 Å². The molecule has 1 heterocycles. The van der Waals surface area contributed by atoms with Gasteiger partial charge in [-0.2, -0.15) is 0 Å².